The van der Waals surface area contributed by atoms with Crippen LogP contribution in [-0.4, -0.2) is 62.4 Å². The largest absolute Gasteiger partial charge is 0.462 e. The lowest BCUT2D eigenvalue weighted by atomic mass is 9.55. The molecule has 12 bridgehead atoms. The van der Waals surface area contributed by atoms with Gasteiger partial charge in [0, 0.05) is 0 Å². The second kappa shape index (κ2) is 22.2. The molecule has 16 atom stereocenters. The van der Waals surface area contributed by atoms with E-state index in [0.717, 1.165) is 75.2 Å². The first-order valence-corrected chi connectivity index (χ1v) is 28.2. The van der Waals surface area contributed by atoms with Crippen LogP contribution in [0.3, 0.4) is 0 Å². The Morgan fingerprint density at radius 1 is 0.465 bits per heavy atom. The number of rotatable bonds is 15. The van der Waals surface area contributed by atoms with Gasteiger partial charge in [-0.05, 0) is 237 Å². The fourth-order valence-corrected chi connectivity index (χ4v) is 19.0. The van der Waals surface area contributed by atoms with Crippen LogP contribution in [0.15, 0.2) is 0 Å². The van der Waals surface area contributed by atoms with Crippen LogP contribution in [0.4, 0.5) is 0 Å². The van der Waals surface area contributed by atoms with E-state index in [9.17, 15) is 19.2 Å². The highest BCUT2D eigenvalue weighted by Gasteiger charge is 2.68. The number of hydrogen-bond acceptors (Lipinski definition) is 10. The fourth-order valence-electron chi connectivity index (χ4n) is 19.0. The van der Waals surface area contributed by atoms with Gasteiger partial charge in [-0.15, -0.1) is 0 Å². The molecule has 71 heavy (non-hydrogen) atoms. The average Bonchev–Trinajstić information content (AvgIpc) is 4.19. The van der Waals surface area contributed by atoms with Crippen LogP contribution in [-0.2, 0) is 47.6 Å². The minimum absolute atomic E-state index is 0. The van der Waals surface area contributed by atoms with Gasteiger partial charge in [-0.2, -0.15) is 0 Å². The molecule has 0 aromatic heterocycles. The molecule has 0 saturated heterocycles. The first kappa shape index (κ1) is 56.5. The molecule has 0 radical (unpaired) electrons. The second-order valence-corrected chi connectivity index (χ2v) is 26.6. The molecule has 13 saturated carbocycles. The molecule has 10 heteroatoms. The number of ether oxygens (including phenoxy) is 6. The van der Waals surface area contributed by atoms with Gasteiger partial charge in [0.2, 0.25) is 0 Å². The third kappa shape index (κ3) is 10.3. The average molecular weight is 995 g/mol. The number of fused-ring (bicyclic) bond motifs is 18. The summed E-state index contributed by atoms with van der Waals surface area (Å²) in [6.07, 6.45) is 23.9. The molecular formula is C61H102O10. The van der Waals surface area contributed by atoms with Crippen molar-refractivity contribution < 1.29 is 47.6 Å². The molecule has 0 spiro atoms. The Hall–Kier alpha value is -2.20. The molecule has 0 heterocycles. The maximum atomic E-state index is 13.2. The van der Waals surface area contributed by atoms with Gasteiger partial charge in [-0.1, -0.05) is 62.8 Å². The van der Waals surface area contributed by atoms with E-state index in [1.165, 1.54) is 83.5 Å². The van der Waals surface area contributed by atoms with Crippen molar-refractivity contribution in [1.29, 1.82) is 0 Å². The van der Waals surface area contributed by atoms with Crippen molar-refractivity contribution in [1.82, 2.24) is 0 Å². The summed E-state index contributed by atoms with van der Waals surface area (Å²) in [7, 11) is 0. The van der Waals surface area contributed by atoms with E-state index in [1.54, 1.807) is 0 Å². The van der Waals surface area contributed by atoms with Gasteiger partial charge in [0.1, 0.15) is 12.2 Å². The summed E-state index contributed by atoms with van der Waals surface area (Å²) in [6.45, 7) is 13.0. The molecule has 13 aliphatic rings. The molecule has 0 aromatic carbocycles. The Bertz CT molecular complexity index is 1820. The molecule has 10 nitrogen and oxygen atoms in total. The molecule has 13 rings (SSSR count). The summed E-state index contributed by atoms with van der Waals surface area (Å²) in [4.78, 5) is 51.6. The Morgan fingerprint density at radius 3 is 1.34 bits per heavy atom. The monoisotopic (exact) mass is 995 g/mol. The molecule has 13 aliphatic carbocycles. The second-order valence-electron chi connectivity index (χ2n) is 26.6. The van der Waals surface area contributed by atoms with Gasteiger partial charge >= 0.3 is 23.9 Å². The van der Waals surface area contributed by atoms with Crippen LogP contribution in [0.2, 0.25) is 0 Å². The Labute approximate surface area is 431 Å². The molecule has 0 aromatic rings. The molecule has 0 amide bonds. The van der Waals surface area contributed by atoms with Crippen molar-refractivity contribution in [3.05, 3.63) is 0 Å². The lowest BCUT2D eigenvalue weighted by Gasteiger charge is -2.53. The highest BCUT2D eigenvalue weighted by atomic mass is 16.7. The van der Waals surface area contributed by atoms with Crippen LogP contribution in [0, 0.1) is 123 Å². The van der Waals surface area contributed by atoms with Crippen LogP contribution in [0.5, 0.6) is 0 Å². The summed E-state index contributed by atoms with van der Waals surface area (Å²) in [6, 6.07) is 0. The molecule has 406 valence electrons. The van der Waals surface area contributed by atoms with Crippen molar-refractivity contribution in [3.63, 3.8) is 0 Å². The van der Waals surface area contributed by atoms with Crippen molar-refractivity contribution in [2.75, 3.05) is 20.2 Å². The van der Waals surface area contributed by atoms with Crippen molar-refractivity contribution in [2.24, 2.45) is 123 Å². The van der Waals surface area contributed by atoms with Gasteiger partial charge in [0.05, 0.1) is 35.4 Å². The van der Waals surface area contributed by atoms with E-state index in [-0.39, 0.29) is 91.2 Å². The molecule has 16 unspecified atom stereocenters. The SMILES string of the molecule is C.C.C.C.CCC(C)(C)C(=O)OC1CC2CC1C1C3CC(CC3C(=O)OCOC3C4CC5CC(C4)CC3C5)C21.CCC(C)(C)C(=O)OC1CC2CC1C1C3CC(CC3C(=O)OCOCC3CCCCC3)C21. The van der Waals surface area contributed by atoms with E-state index in [1.807, 2.05) is 34.6 Å². The predicted molar refractivity (Wildman–Crippen MR) is 277 cm³/mol. The highest BCUT2D eigenvalue weighted by molar-refractivity contribution is 5.77. The number of esters is 4. The lowest BCUT2D eigenvalue weighted by molar-refractivity contribution is -0.192. The van der Waals surface area contributed by atoms with Crippen molar-refractivity contribution in [3.8, 4) is 0 Å². The third-order valence-corrected chi connectivity index (χ3v) is 22.5. The number of carbonyl (C=O) groups excluding carboxylic acids is 4. The quantitative estimate of drug-likeness (QED) is 0.0515. The zero-order valence-corrected chi connectivity index (χ0v) is 42.0. The Morgan fingerprint density at radius 2 is 0.887 bits per heavy atom. The zero-order valence-electron chi connectivity index (χ0n) is 42.0. The van der Waals surface area contributed by atoms with Crippen LogP contribution >= 0.6 is 0 Å². The van der Waals surface area contributed by atoms with E-state index in [0.29, 0.717) is 83.0 Å². The summed E-state index contributed by atoms with van der Waals surface area (Å²) in [5.41, 5.74) is -0.834. The van der Waals surface area contributed by atoms with Gasteiger partial charge in [0.15, 0.2) is 13.6 Å². The van der Waals surface area contributed by atoms with E-state index in [2.05, 4.69) is 6.92 Å². The van der Waals surface area contributed by atoms with E-state index < -0.39 is 10.8 Å². The maximum Gasteiger partial charge on any atom is 0.311 e. The van der Waals surface area contributed by atoms with E-state index >= 15 is 0 Å². The maximum absolute atomic E-state index is 13.2. The molecule has 0 N–H and O–H groups in total. The van der Waals surface area contributed by atoms with Crippen molar-refractivity contribution >= 4 is 23.9 Å². The van der Waals surface area contributed by atoms with Gasteiger partial charge in [-0.25, -0.2) is 0 Å². The smallest absolute Gasteiger partial charge is 0.311 e. The normalized spacial score (nSPS) is 43.2. The van der Waals surface area contributed by atoms with Crippen LogP contribution < -0.4 is 0 Å². The lowest BCUT2D eigenvalue weighted by Crippen LogP contribution is -2.49. The number of hydrogen-bond donors (Lipinski definition) is 0. The Balaban J connectivity index is 0.000000198. The minimum Gasteiger partial charge on any atom is -0.462 e. The first-order valence-electron chi connectivity index (χ1n) is 28.2. The first-order chi connectivity index (χ1) is 32.2. The molecule has 13 fully saturated rings. The third-order valence-electron chi connectivity index (χ3n) is 22.5. The van der Waals surface area contributed by atoms with Crippen LogP contribution in [0.25, 0.3) is 0 Å². The van der Waals surface area contributed by atoms with E-state index in [4.69, 9.17) is 28.4 Å². The summed E-state index contributed by atoms with van der Waals surface area (Å²) in [5, 5.41) is 0. The molecule has 0 aliphatic heterocycles. The number of carbonyl (C=O) groups is 4. The van der Waals surface area contributed by atoms with Gasteiger partial charge in [-0.3, -0.25) is 19.2 Å². The highest BCUT2D eigenvalue weighted by Crippen LogP contribution is 2.71. The minimum atomic E-state index is -0.417. The van der Waals surface area contributed by atoms with Gasteiger partial charge in [0.25, 0.3) is 0 Å². The zero-order chi connectivity index (χ0) is 46.5. The summed E-state index contributed by atoms with van der Waals surface area (Å²) >= 11 is 0. The summed E-state index contributed by atoms with van der Waals surface area (Å²) in [5.74, 6) is 10.7. The fraction of sp³-hybridized carbons (Fsp3) is 0.934. The van der Waals surface area contributed by atoms with Gasteiger partial charge < -0.3 is 28.4 Å². The summed E-state index contributed by atoms with van der Waals surface area (Å²) < 4.78 is 35.6. The standard InChI is InChI=1S/C30H44O5.C27H42O5.4CH4/c1-4-30(2,3)29(32)35-24-13-18-12-23(24)26-21-10-17(25(18)26)11-22(21)28(31)34-14-33-27-19-6-15-5-16(8-19)9-20(27)7-15;1-4-27(2,3)26(29)32-22-13-18-12-21(22)24-19-10-17(23(18)24)11-20(19)25(28)31-15-30-14-16-8-6-5-7-9-16;;;;/h15-27H,4-14H2,1-3H3;16-24H,4-15H2,1-3H3;4*1H4. The van der Waals surface area contributed by atoms with Crippen molar-refractivity contribution in [2.45, 2.75) is 218 Å². The topological polar surface area (TPSA) is 124 Å². The Kier molecular flexibility index (Phi) is 17.7. The van der Waals surface area contributed by atoms with Crippen LogP contribution in [0.1, 0.15) is 200 Å². The molecular weight excluding hydrogens is 893 g/mol. The predicted octanol–water partition coefficient (Wildman–Crippen LogP) is 13.5.